The topological polar surface area (TPSA) is 87.5 Å². The number of nitrogens with one attached hydrogen (secondary N) is 1. The molecule has 158 valence electrons. The van der Waals surface area contributed by atoms with Crippen molar-refractivity contribution in [2.75, 3.05) is 20.3 Å². The first-order valence-corrected chi connectivity index (χ1v) is 10.6. The molecule has 0 saturated carbocycles. The van der Waals surface area contributed by atoms with Crippen LogP contribution in [0.4, 0.5) is 0 Å². The summed E-state index contributed by atoms with van der Waals surface area (Å²) in [5, 5.41) is 9.55. The molecule has 1 aromatic carbocycles. The number of amides is 1. The quantitative estimate of drug-likeness (QED) is 0.593. The van der Waals surface area contributed by atoms with Gasteiger partial charge in [-0.3, -0.25) is 9.48 Å². The van der Waals surface area contributed by atoms with Crippen molar-refractivity contribution in [3.8, 4) is 22.1 Å². The Morgan fingerprint density at radius 3 is 3.03 bits per heavy atom. The molecule has 1 fully saturated rings. The third-order valence-corrected chi connectivity index (χ3v) is 5.71. The summed E-state index contributed by atoms with van der Waals surface area (Å²) in [4.78, 5) is 16.9. The van der Waals surface area contributed by atoms with Gasteiger partial charge in [-0.1, -0.05) is 6.07 Å². The number of methoxy groups -OCH3 is 1. The third-order valence-electron chi connectivity index (χ3n) is 4.82. The van der Waals surface area contributed by atoms with Gasteiger partial charge < -0.3 is 19.5 Å². The maximum Gasteiger partial charge on any atom is 0.271 e. The highest BCUT2D eigenvalue weighted by Crippen LogP contribution is 2.29. The van der Waals surface area contributed by atoms with E-state index in [1.807, 2.05) is 31.4 Å². The fourth-order valence-corrected chi connectivity index (χ4v) is 3.99. The number of aryl methyl sites for hydroxylation is 1. The lowest BCUT2D eigenvalue weighted by atomic mass is 10.2. The zero-order valence-corrected chi connectivity index (χ0v) is 17.8. The molecule has 0 spiro atoms. The zero-order chi connectivity index (χ0) is 20.9. The van der Waals surface area contributed by atoms with Gasteiger partial charge in [-0.2, -0.15) is 5.10 Å². The van der Waals surface area contributed by atoms with Crippen LogP contribution in [0, 0.1) is 0 Å². The van der Waals surface area contributed by atoms with E-state index < -0.39 is 0 Å². The van der Waals surface area contributed by atoms with Crippen LogP contribution < -0.4 is 14.8 Å². The van der Waals surface area contributed by atoms with Crippen LogP contribution in [0.1, 0.15) is 28.9 Å². The van der Waals surface area contributed by atoms with Gasteiger partial charge in [0.05, 0.1) is 19.4 Å². The maximum atomic E-state index is 12.5. The number of hydrogen-bond acceptors (Lipinski definition) is 7. The first kappa shape index (κ1) is 20.4. The number of ether oxygens (including phenoxy) is 3. The maximum absolute atomic E-state index is 12.5. The Morgan fingerprint density at radius 2 is 2.30 bits per heavy atom. The first-order valence-electron chi connectivity index (χ1n) is 9.76. The van der Waals surface area contributed by atoms with Gasteiger partial charge in [-0.05, 0) is 30.5 Å². The van der Waals surface area contributed by atoms with E-state index in [2.05, 4.69) is 15.4 Å². The summed E-state index contributed by atoms with van der Waals surface area (Å²) in [6, 6.07) is 5.64. The Hall–Kier alpha value is -2.91. The summed E-state index contributed by atoms with van der Waals surface area (Å²) < 4.78 is 18.6. The number of hydrogen-bond donors (Lipinski definition) is 1. The van der Waals surface area contributed by atoms with E-state index in [9.17, 15) is 4.79 Å². The minimum Gasteiger partial charge on any atom is -0.493 e. The van der Waals surface area contributed by atoms with Crippen molar-refractivity contribution >= 4 is 17.2 Å². The molecule has 1 aliphatic rings. The number of aromatic nitrogens is 3. The molecular formula is C21H24N4O4S. The lowest BCUT2D eigenvalue weighted by molar-refractivity contribution is 0.0669. The average molecular weight is 429 g/mol. The van der Waals surface area contributed by atoms with E-state index in [1.165, 1.54) is 11.3 Å². The predicted molar refractivity (Wildman–Crippen MR) is 113 cm³/mol. The van der Waals surface area contributed by atoms with Crippen LogP contribution in [0.5, 0.6) is 11.5 Å². The summed E-state index contributed by atoms with van der Waals surface area (Å²) in [6.07, 6.45) is 5.84. The van der Waals surface area contributed by atoms with Crippen molar-refractivity contribution in [2.24, 2.45) is 7.05 Å². The van der Waals surface area contributed by atoms with Crippen molar-refractivity contribution in [1.29, 1.82) is 0 Å². The largest absolute Gasteiger partial charge is 0.493 e. The number of rotatable bonds is 8. The molecule has 0 bridgehead atoms. The molecule has 3 heterocycles. The van der Waals surface area contributed by atoms with E-state index in [-0.39, 0.29) is 12.0 Å². The molecule has 9 heteroatoms. The van der Waals surface area contributed by atoms with E-state index in [0.29, 0.717) is 30.3 Å². The summed E-state index contributed by atoms with van der Waals surface area (Å²) in [7, 11) is 3.45. The van der Waals surface area contributed by atoms with Crippen molar-refractivity contribution < 1.29 is 19.0 Å². The molecule has 1 N–H and O–H groups in total. The molecule has 1 amide bonds. The summed E-state index contributed by atoms with van der Waals surface area (Å²) in [5.74, 6) is 1.08. The third kappa shape index (κ3) is 4.80. The van der Waals surface area contributed by atoms with Crippen molar-refractivity contribution in [1.82, 2.24) is 20.1 Å². The number of carbonyl (C=O) groups excluding carboxylic acids is 1. The van der Waals surface area contributed by atoms with Crippen molar-refractivity contribution in [3.05, 3.63) is 47.2 Å². The van der Waals surface area contributed by atoms with Gasteiger partial charge >= 0.3 is 0 Å². The zero-order valence-electron chi connectivity index (χ0n) is 17.0. The van der Waals surface area contributed by atoms with E-state index >= 15 is 0 Å². The van der Waals surface area contributed by atoms with Crippen molar-refractivity contribution in [2.45, 2.75) is 25.5 Å². The number of nitrogens with zero attached hydrogens (tertiary/aromatic N) is 3. The van der Waals surface area contributed by atoms with Gasteiger partial charge in [0, 0.05) is 37.3 Å². The summed E-state index contributed by atoms with van der Waals surface area (Å²) in [6.45, 7) is 1.67. The fourth-order valence-electron chi connectivity index (χ4n) is 3.21. The highest BCUT2D eigenvalue weighted by molar-refractivity contribution is 7.13. The number of thiazole rings is 1. The van der Waals surface area contributed by atoms with Crippen molar-refractivity contribution in [3.63, 3.8) is 0 Å². The highest BCUT2D eigenvalue weighted by atomic mass is 32.1. The van der Waals surface area contributed by atoms with Gasteiger partial charge in [-0.15, -0.1) is 11.3 Å². The summed E-state index contributed by atoms with van der Waals surface area (Å²) >= 11 is 1.42. The number of carbonyl (C=O) groups is 1. The van der Waals surface area contributed by atoms with Gasteiger partial charge in [-0.25, -0.2) is 4.98 Å². The minimum atomic E-state index is -0.223. The normalized spacial score (nSPS) is 15.9. The molecule has 0 aliphatic carbocycles. The van der Waals surface area contributed by atoms with Gasteiger partial charge in [0.25, 0.3) is 5.91 Å². The molecule has 1 aliphatic heterocycles. The Morgan fingerprint density at radius 1 is 1.40 bits per heavy atom. The molecular weight excluding hydrogens is 404 g/mol. The summed E-state index contributed by atoms with van der Waals surface area (Å²) in [5.41, 5.74) is 2.19. The van der Waals surface area contributed by atoms with E-state index in [0.717, 1.165) is 35.6 Å². The number of benzene rings is 1. The molecule has 2 aromatic heterocycles. The Balaban J connectivity index is 1.34. The second-order valence-corrected chi connectivity index (χ2v) is 7.91. The van der Waals surface area contributed by atoms with Crippen LogP contribution in [0.25, 0.3) is 10.6 Å². The van der Waals surface area contributed by atoms with E-state index in [4.69, 9.17) is 14.2 Å². The van der Waals surface area contributed by atoms with E-state index in [1.54, 1.807) is 23.4 Å². The standard InChI is InChI=1S/C21H24N4O4S/c1-25-11-15(10-23-25)21-24-17(13-30-21)20(26)22-9-14-5-6-18(19(8-14)27-2)29-12-16-4-3-7-28-16/h5-6,8,10-11,13,16H,3-4,7,9,12H2,1-2H3,(H,22,26)/t16-/m1/s1. The van der Waals surface area contributed by atoms with Crippen LogP contribution in [0.15, 0.2) is 36.0 Å². The molecule has 0 radical (unpaired) electrons. The van der Waals surface area contributed by atoms with Crippen LogP contribution in [0.3, 0.4) is 0 Å². The van der Waals surface area contributed by atoms with Gasteiger partial charge in [0.2, 0.25) is 0 Å². The highest BCUT2D eigenvalue weighted by Gasteiger charge is 2.17. The van der Waals surface area contributed by atoms with Crippen LogP contribution >= 0.6 is 11.3 Å². The van der Waals surface area contributed by atoms with Gasteiger partial charge in [0.1, 0.15) is 17.3 Å². The molecule has 30 heavy (non-hydrogen) atoms. The molecule has 3 aromatic rings. The van der Waals surface area contributed by atoms with Crippen LogP contribution in [-0.2, 0) is 18.3 Å². The second kappa shape index (κ2) is 9.27. The predicted octanol–water partition coefficient (Wildman–Crippen LogP) is 3.04. The first-order chi connectivity index (χ1) is 14.6. The SMILES string of the molecule is COc1cc(CNC(=O)c2csc(-c3cnn(C)c3)n2)ccc1OC[C@H]1CCCO1. The Bertz CT molecular complexity index is 1010. The molecule has 8 nitrogen and oxygen atoms in total. The molecule has 0 unspecified atom stereocenters. The minimum absolute atomic E-state index is 0.142. The Labute approximate surface area is 178 Å². The van der Waals surface area contributed by atoms with Crippen LogP contribution in [0.2, 0.25) is 0 Å². The average Bonchev–Trinajstić information content (AvgIpc) is 3.52. The fraction of sp³-hybridized carbons (Fsp3) is 0.381. The lowest BCUT2D eigenvalue weighted by Crippen LogP contribution is -2.23. The molecule has 4 rings (SSSR count). The molecule has 1 atom stereocenters. The lowest BCUT2D eigenvalue weighted by Gasteiger charge is -2.15. The molecule has 1 saturated heterocycles. The monoisotopic (exact) mass is 428 g/mol. The van der Waals surface area contributed by atoms with Gasteiger partial charge in [0.15, 0.2) is 11.5 Å². The second-order valence-electron chi connectivity index (χ2n) is 7.05. The van der Waals surface area contributed by atoms with Crippen LogP contribution in [-0.4, -0.2) is 47.1 Å². The Kier molecular flexibility index (Phi) is 6.29. The smallest absolute Gasteiger partial charge is 0.271 e.